The van der Waals surface area contributed by atoms with Crippen molar-refractivity contribution in [1.29, 1.82) is 0 Å². The monoisotopic (exact) mass is 465 g/mol. The van der Waals surface area contributed by atoms with Crippen LogP contribution in [0.1, 0.15) is 81.7 Å². The number of halogens is 2. The van der Waals surface area contributed by atoms with Gasteiger partial charge in [-0.15, -0.1) is 0 Å². The van der Waals surface area contributed by atoms with E-state index in [-0.39, 0.29) is 30.7 Å². The number of amides is 2. The van der Waals surface area contributed by atoms with Crippen LogP contribution in [0, 0.1) is 5.92 Å². The topological polar surface area (TPSA) is 81.7 Å². The standard InChI is InChI=1S/C25H37F2N3O3/c1-3-4-6-20(28-12-5-7-22(26)27)16(2)13-17-8-9-19-18(14-17)15-30(25(19)33)21-10-11-23(31)29-24(21)32/h8-9,14,16,20-22,25,28,33H,3-7,10-13,15H2,1-2H3,(H,29,31,32)/t16-,20+,21?,25?/m1/s1. The molecule has 33 heavy (non-hydrogen) atoms. The molecule has 0 spiro atoms. The Labute approximate surface area is 195 Å². The first-order valence-electron chi connectivity index (χ1n) is 12.2. The third-order valence-corrected chi connectivity index (χ3v) is 6.88. The third kappa shape index (κ3) is 6.80. The lowest BCUT2D eigenvalue weighted by Gasteiger charge is -2.31. The number of aliphatic hydroxyl groups is 1. The van der Waals surface area contributed by atoms with Crippen LogP contribution in [0.5, 0.6) is 0 Å². The highest BCUT2D eigenvalue weighted by Crippen LogP contribution is 2.36. The minimum Gasteiger partial charge on any atom is -0.374 e. The lowest BCUT2D eigenvalue weighted by atomic mass is 9.89. The summed E-state index contributed by atoms with van der Waals surface area (Å²) in [6.45, 7) is 5.41. The fourth-order valence-corrected chi connectivity index (χ4v) is 4.99. The second kappa shape index (κ2) is 12.0. The number of hydrogen-bond acceptors (Lipinski definition) is 5. The molecule has 1 aromatic rings. The Bertz CT molecular complexity index is 820. The van der Waals surface area contributed by atoms with E-state index in [9.17, 15) is 23.5 Å². The van der Waals surface area contributed by atoms with E-state index in [1.54, 1.807) is 4.90 Å². The molecule has 2 heterocycles. The van der Waals surface area contributed by atoms with Gasteiger partial charge < -0.3 is 10.4 Å². The average molecular weight is 466 g/mol. The minimum atomic E-state index is -2.25. The fraction of sp³-hybridized carbons (Fsp3) is 0.680. The van der Waals surface area contributed by atoms with E-state index in [2.05, 4.69) is 30.5 Å². The maximum Gasteiger partial charge on any atom is 0.244 e. The summed E-state index contributed by atoms with van der Waals surface area (Å²) in [7, 11) is 0. The minimum absolute atomic E-state index is 0.0707. The van der Waals surface area contributed by atoms with E-state index < -0.39 is 18.7 Å². The summed E-state index contributed by atoms with van der Waals surface area (Å²) in [5, 5.41) is 16.7. The van der Waals surface area contributed by atoms with Gasteiger partial charge in [0.1, 0.15) is 6.23 Å². The van der Waals surface area contributed by atoms with Crippen molar-refractivity contribution in [1.82, 2.24) is 15.5 Å². The molecular weight excluding hydrogens is 428 g/mol. The van der Waals surface area contributed by atoms with Gasteiger partial charge in [-0.05, 0) is 54.8 Å². The normalized spacial score (nSPS) is 23.0. The molecule has 184 valence electrons. The number of unbranched alkanes of at least 4 members (excludes halogenated alkanes) is 1. The summed E-state index contributed by atoms with van der Waals surface area (Å²) in [6.07, 6.45) is 2.03. The number of carbonyl (C=O) groups is 2. The zero-order valence-corrected chi connectivity index (χ0v) is 19.7. The molecule has 8 heteroatoms. The van der Waals surface area contributed by atoms with Crippen LogP contribution in [-0.4, -0.2) is 46.9 Å². The molecule has 4 atom stereocenters. The van der Waals surface area contributed by atoms with Gasteiger partial charge in [-0.25, -0.2) is 8.78 Å². The molecule has 1 saturated heterocycles. The van der Waals surface area contributed by atoms with Crippen molar-refractivity contribution in [3.63, 3.8) is 0 Å². The van der Waals surface area contributed by atoms with Gasteiger partial charge >= 0.3 is 0 Å². The van der Waals surface area contributed by atoms with Gasteiger partial charge in [0, 0.05) is 25.4 Å². The van der Waals surface area contributed by atoms with Crippen molar-refractivity contribution in [3.8, 4) is 0 Å². The smallest absolute Gasteiger partial charge is 0.244 e. The number of rotatable bonds is 12. The molecule has 0 aromatic heterocycles. The first-order chi connectivity index (χ1) is 15.8. The maximum absolute atomic E-state index is 12.4. The molecule has 0 radical (unpaired) electrons. The van der Waals surface area contributed by atoms with Crippen LogP contribution in [0.2, 0.25) is 0 Å². The molecule has 0 bridgehead atoms. The van der Waals surface area contributed by atoms with Gasteiger partial charge in [0.05, 0.1) is 6.04 Å². The van der Waals surface area contributed by atoms with Gasteiger partial charge in [0.2, 0.25) is 18.2 Å². The molecule has 2 aliphatic rings. The number of imide groups is 1. The molecule has 0 saturated carbocycles. The number of hydrogen-bond donors (Lipinski definition) is 3. The zero-order chi connectivity index (χ0) is 24.0. The Balaban J connectivity index is 1.62. The van der Waals surface area contributed by atoms with Crippen molar-refractivity contribution >= 4 is 11.8 Å². The van der Waals surface area contributed by atoms with E-state index >= 15 is 0 Å². The molecule has 1 fully saturated rings. The SMILES string of the molecule is CCCC[C@H](NCCCC(F)F)[C@H](C)Cc1ccc2c(c1)CN(C1CCC(=O)NC1=O)C2O. The van der Waals surface area contributed by atoms with Crippen molar-refractivity contribution < 1.29 is 23.5 Å². The van der Waals surface area contributed by atoms with E-state index in [0.717, 1.165) is 42.4 Å². The molecule has 3 rings (SSSR count). The molecule has 0 aliphatic carbocycles. The van der Waals surface area contributed by atoms with E-state index in [0.29, 0.717) is 31.8 Å². The number of nitrogens with one attached hydrogen (secondary N) is 2. The van der Waals surface area contributed by atoms with Gasteiger partial charge in [0.15, 0.2) is 0 Å². The Morgan fingerprint density at radius 1 is 1.24 bits per heavy atom. The van der Waals surface area contributed by atoms with E-state index in [1.807, 2.05) is 12.1 Å². The molecule has 2 amide bonds. The number of benzene rings is 1. The number of piperidine rings is 1. The Hall–Kier alpha value is -1.90. The van der Waals surface area contributed by atoms with Crippen molar-refractivity contribution in [2.45, 2.75) is 96.5 Å². The van der Waals surface area contributed by atoms with E-state index in [1.165, 1.54) is 0 Å². The number of carbonyl (C=O) groups excluding carboxylic acids is 2. The first kappa shape index (κ1) is 25.7. The third-order valence-electron chi connectivity index (χ3n) is 6.88. The molecular formula is C25H37F2N3O3. The maximum atomic E-state index is 12.4. The largest absolute Gasteiger partial charge is 0.374 e. The lowest BCUT2D eigenvalue weighted by molar-refractivity contribution is -0.141. The zero-order valence-electron chi connectivity index (χ0n) is 19.7. The Morgan fingerprint density at radius 2 is 2.03 bits per heavy atom. The summed E-state index contributed by atoms with van der Waals surface area (Å²) in [5.41, 5.74) is 2.98. The number of alkyl halides is 2. The summed E-state index contributed by atoms with van der Waals surface area (Å²) < 4.78 is 24.9. The van der Waals surface area contributed by atoms with Gasteiger partial charge in [-0.3, -0.25) is 19.8 Å². The van der Waals surface area contributed by atoms with Gasteiger partial charge in [-0.1, -0.05) is 44.9 Å². The van der Waals surface area contributed by atoms with Crippen molar-refractivity contribution in [2.75, 3.05) is 6.54 Å². The van der Waals surface area contributed by atoms with E-state index in [4.69, 9.17) is 0 Å². The molecule has 2 unspecified atom stereocenters. The number of nitrogens with zero attached hydrogens (tertiary/aromatic N) is 1. The number of fused-ring (bicyclic) bond motifs is 1. The van der Waals surface area contributed by atoms with Crippen LogP contribution in [0.4, 0.5) is 8.78 Å². The van der Waals surface area contributed by atoms with Crippen molar-refractivity contribution in [3.05, 3.63) is 34.9 Å². The fourth-order valence-electron chi connectivity index (χ4n) is 4.99. The van der Waals surface area contributed by atoms with Crippen LogP contribution in [0.15, 0.2) is 18.2 Å². The van der Waals surface area contributed by atoms with Crippen LogP contribution in [0.3, 0.4) is 0 Å². The summed E-state index contributed by atoms with van der Waals surface area (Å²) >= 11 is 0. The molecule has 2 aliphatic heterocycles. The quantitative estimate of drug-likeness (QED) is 0.324. The van der Waals surface area contributed by atoms with Crippen molar-refractivity contribution in [2.24, 2.45) is 5.92 Å². The Kier molecular flexibility index (Phi) is 9.35. The second-order valence-electron chi connectivity index (χ2n) is 9.46. The summed E-state index contributed by atoms with van der Waals surface area (Å²) in [4.78, 5) is 25.5. The Morgan fingerprint density at radius 3 is 2.73 bits per heavy atom. The summed E-state index contributed by atoms with van der Waals surface area (Å²) in [6, 6.07) is 5.82. The first-order valence-corrected chi connectivity index (χ1v) is 12.2. The lowest BCUT2D eigenvalue weighted by Crippen LogP contribution is -2.51. The summed E-state index contributed by atoms with van der Waals surface area (Å²) in [5.74, 6) is -0.276. The van der Waals surface area contributed by atoms with Crippen LogP contribution >= 0.6 is 0 Å². The molecule has 3 N–H and O–H groups in total. The highest BCUT2D eigenvalue weighted by Gasteiger charge is 2.39. The second-order valence-corrected chi connectivity index (χ2v) is 9.46. The average Bonchev–Trinajstić information content (AvgIpc) is 3.08. The predicted octanol–water partition coefficient (Wildman–Crippen LogP) is 3.67. The number of aliphatic hydroxyl groups excluding tert-OH is 1. The van der Waals surface area contributed by atoms with Crippen LogP contribution in [-0.2, 0) is 22.6 Å². The van der Waals surface area contributed by atoms with Gasteiger partial charge in [0.25, 0.3) is 0 Å². The van der Waals surface area contributed by atoms with Crippen LogP contribution in [0.25, 0.3) is 0 Å². The van der Waals surface area contributed by atoms with Gasteiger partial charge in [-0.2, -0.15) is 0 Å². The predicted molar refractivity (Wildman–Crippen MR) is 123 cm³/mol. The molecule has 6 nitrogen and oxygen atoms in total. The highest BCUT2D eigenvalue weighted by atomic mass is 19.3. The highest BCUT2D eigenvalue weighted by molar-refractivity contribution is 6.00. The van der Waals surface area contributed by atoms with Crippen LogP contribution < -0.4 is 10.6 Å². The molecule has 1 aromatic carbocycles.